The average Bonchev–Trinajstić information content (AvgIpc) is 2.85. The Morgan fingerprint density at radius 1 is 1.48 bits per heavy atom. The van der Waals surface area contributed by atoms with Crippen LogP contribution in [-0.4, -0.2) is 28.2 Å². The van der Waals surface area contributed by atoms with Gasteiger partial charge < -0.3 is 14.8 Å². The van der Waals surface area contributed by atoms with Crippen molar-refractivity contribution < 1.29 is 14.4 Å². The van der Waals surface area contributed by atoms with Crippen LogP contribution in [0.4, 0.5) is 11.7 Å². The van der Waals surface area contributed by atoms with Gasteiger partial charge in [0.15, 0.2) is 11.1 Å². The second kappa shape index (κ2) is 6.09. The molecule has 0 amide bonds. The molecule has 114 valence electrons. The summed E-state index contributed by atoms with van der Waals surface area (Å²) in [5.74, 6) is 0. The molecule has 7 nitrogen and oxygen atoms in total. The Hall–Kier alpha value is -2.15. The molecular formula is C14H19N3O4. The molecule has 0 aliphatic rings. The van der Waals surface area contributed by atoms with Gasteiger partial charge in [0.1, 0.15) is 0 Å². The van der Waals surface area contributed by atoms with Gasteiger partial charge in [0.25, 0.3) is 11.7 Å². The Morgan fingerprint density at radius 2 is 2.24 bits per heavy atom. The summed E-state index contributed by atoms with van der Waals surface area (Å²) in [5.41, 5.74) is 0.539. The number of non-ortho nitro benzene ring substituents is 1. The number of oxazole rings is 1. The molecule has 0 aliphatic heterocycles. The van der Waals surface area contributed by atoms with E-state index in [1.54, 1.807) is 12.1 Å². The number of hydrogen-bond donors (Lipinski definition) is 2. The summed E-state index contributed by atoms with van der Waals surface area (Å²) in [4.78, 5) is 14.6. The van der Waals surface area contributed by atoms with Crippen LogP contribution in [0.25, 0.3) is 11.1 Å². The number of nitrogens with zero attached hydrogens (tertiary/aromatic N) is 2. The first-order valence-electron chi connectivity index (χ1n) is 6.82. The second-order valence-corrected chi connectivity index (χ2v) is 5.74. The minimum absolute atomic E-state index is 0.0324. The highest BCUT2D eigenvalue weighted by atomic mass is 16.6. The van der Waals surface area contributed by atoms with Crippen molar-refractivity contribution >= 4 is 22.8 Å². The van der Waals surface area contributed by atoms with Crippen molar-refractivity contribution in [2.75, 3.05) is 18.5 Å². The molecule has 0 fully saturated rings. The Labute approximate surface area is 122 Å². The number of nitrogens with one attached hydrogen (secondary N) is 1. The standard InChI is InChI=1S/C14H19N3O4/c1-14(2,7-4-8-18)9-15-13-16-12-10(17(19)20)5-3-6-11(12)21-13/h3,5-6,18H,4,7-9H2,1-2H3,(H,15,16). The summed E-state index contributed by atoms with van der Waals surface area (Å²) >= 11 is 0. The zero-order valence-electron chi connectivity index (χ0n) is 12.1. The SMILES string of the molecule is CC(C)(CCCO)CNc1nc2c([N+](=O)[O-])cccc2o1. The van der Waals surface area contributed by atoms with Gasteiger partial charge in [-0.15, -0.1) is 0 Å². The van der Waals surface area contributed by atoms with E-state index in [-0.39, 0.29) is 29.2 Å². The fourth-order valence-corrected chi connectivity index (χ4v) is 2.12. The summed E-state index contributed by atoms with van der Waals surface area (Å²) in [6, 6.07) is 4.90. The summed E-state index contributed by atoms with van der Waals surface area (Å²) < 4.78 is 5.48. The predicted octanol–water partition coefficient (Wildman–Crippen LogP) is 2.95. The average molecular weight is 293 g/mol. The number of hydrogen-bond acceptors (Lipinski definition) is 6. The summed E-state index contributed by atoms with van der Waals surface area (Å²) in [5, 5.41) is 22.9. The van der Waals surface area contributed by atoms with Gasteiger partial charge in [-0.25, -0.2) is 0 Å². The third-order valence-corrected chi connectivity index (χ3v) is 3.32. The van der Waals surface area contributed by atoms with Gasteiger partial charge in [-0.2, -0.15) is 4.98 Å². The van der Waals surface area contributed by atoms with Crippen molar-refractivity contribution in [3.63, 3.8) is 0 Å². The zero-order chi connectivity index (χ0) is 15.5. The molecular weight excluding hydrogens is 274 g/mol. The molecule has 7 heteroatoms. The fraction of sp³-hybridized carbons (Fsp3) is 0.500. The fourth-order valence-electron chi connectivity index (χ4n) is 2.12. The molecule has 2 N–H and O–H groups in total. The number of nitro groups is 1. The van der Waals surface area contributed by atoms with Crippen LogP contribution < -0.4 is 5.32 Å². The van der Waals surface area contributed by atoms with E-state index < -0.39 is 4.92 Å². The van der Waals surface area contributed by atoms with Crippen molar-refractivity contribution in [3.05, 3.63) is 28.3 Å². The van der Waals surface area contributed by atoms with Crippen molar-refractivity contribution in [1.29, 1.82) is 0 Å². The van der Waals surface area contributed by atoms with Gasteiger partial charge in [-0.3, -0.25) is 10.1 Å². The maximum atomic E-state index is 10.9. The number of anilines is 1. The number of para-hydroxylation sites is 1. The smallest absolute Gasteiger partial charge is 0.298 e. The first kappa shape index (κ1) is 15.2. The van der Waals surface area contributed by atoms with E-state index in [1.165, 1.54) is 6.07 Å². The highest BCUT2D eigenvalue weighted by Gasteiger charge is 2.20. The summed E-state index contributed by atoms with van der Waals surface area (Å²) in [6.45, 7) is 4.91. The topological polar surface area (TPSA) is 101 Å². The third-order valence-electron chi connectivity index (χ3n) is 3.32. The number of nitro benzene ring substituents is 1. The van der Waals surface area contributed by atoms with Crippen molar-refractivity contribution in [1.82, 2.24) is 4.98 Å². The molecule has 0 unspecified atom stereocenters. The van der Waals surface area contributed by atoms with Gasteiger partial charge >= 0.3 is 0 Å². The van der Waals surface area contributed by atoms with E-state index in [1.807, 2.05) is 0 Å². The highest BCUT2D eigenvalue weighted by molar-refractivity contribution is 5.83. The number of aromatic nitrogens is 1. The maximum absolute atomic E-state index is 10.9. The van der Waals surface area contributed by atoms with Crippen LogP contribution in [0.3, 0.4) is 0 Å². The minimum atomic E-state index is -0.472. The second-order valence-electron chi connectivity index (χ2n) is 5.74. The molecule has 0 spiro atoms. The van der Waals surface area contributed by atoms with Gasteiger partial charge in [0, 0.05) is 19.2 Å². The monoisotopic (exact) mass is 293 g/mol. The molecule has 0 saturated carbocycles. The molecule has 0 aliphatic carbocycles. The van der Waals surface area contributed by atoms with E-state index in [0.717, 1.165) is 12.8 Å². The highest BCUT2D eigenvalue weighted by Crippen LogP contribution is 2.28. The third kappa shape index (κ3) is 3.69. The molecule has 21 heavy (non-hydrogen) atoms. The lowest BCUT2D eigenvalue weighted by molar-refractivity contribution is -0.383. The number of fused-ring (bicyclic) bond motifs is 1. The lowest BCUT2D eigenvalue weighted by atomic mass is 9.88. The maximum Gasteiger partial charge on any atom is 0.298 e. The van der Waals surface area contributed by atoms with Gasteiger partial charge in [-0.1, -0.05) is 19.9 Å². The van der Waals surface area contributed by atoms with Crippen LogP contribution in [0.5, 0.6) is 0 Å². The lowest BCUT2D eigenvalue weighted by Crippen LogP contribution is -2.23. The Balaban J connectivity index is 2.13. The molecule has 1 heterocycles. The van der Waals surface area contributed by atoms with Crippen LogP contribution >= 0.6 is 0 Å². The zero-order valence-corrected chi connectivity index (χ0v) is 12.1. The van der Waals surface area contributed by atoms with Crippen LogP contribution in [0, 0.1) is 15.5 Å². The molecule has 2 rings (SSSR count). The molecule has 1 aromatic heterocycles. The Bertz CT molecular complexity index is 636. The molecule has 0 atom stereocenters. The quantitative estimate of drug-likeness (QED) is 0.601. The normalized spacial score (nSPS) is 11.8. The number of aliphatic hydroxyl groups is 1. The van der Waals surface area contributed by atoms with Crippen LogP contribution in [0.1, 0.15) is 26.7 Å². The number of benzene rings is 1. The van der Waals surface area contributed by atoms with Gasteiger partial charge in [0.05, 0.1) is 4.92 Å². The first-order chi connectivity index (χ1) is 9.93. The lowest BCUT2D eigenvalue weighted by Gasteiger charge is -2.23. The Kier molecular flexibility index (Phi) is 4.42. The first-order valence-corrected chi connectivity index (χ1v) is 6.82. The van der Waals surface area contributed by atoms with Crippen LogP contribution in [0.15, 0.2) is 22.6 Å². The van der Waals surface area contributed by atoms with E-state index in [9.17, 15) is 10.1 Å². The predicted molar refractivity (Wildman–Crippen MR) is 79.3 cm³/mol. The molecule has 0 radical (unpaired) electrons. The molecule has 2 aromatic rings. The van der Waals surface area contributed by atoms with Crippen molar-refractivity contribution in [3.8, 4) is 0 Å². The van der Waals surface area contributed by atoms with Crippen molar-refractivity contribution in [2.24, 2.45) is 5.41 Å². The number of rotatable bonds is 7. The molecule has 0 saturated heterocycles. The van der Waals surface area contributed by atoms with Crippen LogP contribution in [0.2, 0.25) is 0 Å². The summed E-state index contributed by atoms with van der Waals surface area (Å²) in [7, 11) is 0. The van der Waals surface area contributed by atoms with Crippen molar-refractivity contribution in [2.45, 2.75) is 26.7 Å². The van der Waals surface area contributed by atoms with E-state index in [4.69, 9.17) is 9.52 Å². The van der Waals surface area contributed by atoms with Crippen LogP contribution in [-0.2, 0) is 0 Å². The van der Waals surface area contributed by atoms with E-state index >= 15 is 0 Å². The van der Waals surface area contributed by atoms with Gasteiger partial charge in [-0.05, 0) is 24.3 Å². The Morgan fingerprint density at radius 3 is 2.90 bits per heavy atom. The van der Waals surface area contributed by atoms with Gasteiger partial charge in [0.2, 0.25) is 0 Å². The minimum Gasteiger partial charge on any atom is -0.423 e. The molecule has 1 aromatic carbocycles. The van der Waals surface area contributed by atoms with E-state index in [0.29, 0.717) is 12.1 Å². The molecule has 0 bridgehead atoms. The number of aliphatic hydroxyl groups excluding tert-OH is 1. The summed E-state index contributed by atoms with van der Waals surface area (Å²) in [6.07, 6.45) is 1.59. The van der Waals surface area contributed by atoms with E-state index in [2.05, 4.69) is 24.1 Å². The largest absolute Gasteiger partial charge is 0.423 e.